The van der Waals surface area contributed by atoms with Gasteiger partial charge in [-0.1, -0.05) is 66.7 Å². The van der Waals surface area contributed by atoms with Crippen LogP contribution in [-0.2, 0) is 0 Å². The minimum absolute atomic E-state index is 0. The van der Waals surface area contributed by atoms with Crippen molar-refractivity contribution >= 4 is 18.4 Å². The molecular weight excluding hydrogens is 296 g/mol. The number of halogens is 1. The molecule has 0 aliphatic rings. The summed E-state index contributed by atoms with van der Waals surface area (Å²) < 4.78 is 0. The Morgan fingerprint density at radius 2 is 1.18 bits per heavy atom. The number of carbonyl (C=O) groups is 1. The average molecular weight is 311 g/mol. The van der Waals surface area contributed by atoms with E-state index in [0.717, 1.165) is 22.3 Å². The van der Waals surface area contributed by atoms with Crippen molar-refractivity contribution in [3.63, 3.8) is 0 Å². The van der Waals surface area contributed by atoms with Crippen LogP contribution >= 0.6 is 12.4 Å². The molecule has 110 valence electrons. The summed E-state index contributed by atoms with van der Waals surface area (Å²) in [5, 5.41) is 9.22. The van der Waals surface area contributed by atoms with Gasteiger partial charge in [0.2, 0.25) is 0 Å². The second-order valence-electron chi connectivity index (χ2n) is 4.80. The number of rotatable bonds is 3. The van der Waals surface area contributed by atoms with Crippen molar-refractivity contribution in [3.05, 3.63) is 84.4 Å². The van der Waals surface area contributed by atoms with Crippen molar-refractivity contribution in [2.75, 3.05) is 0 Å². The standard InChI is InChI=1S/C19H14O2.ClH/c20-19(21)16-11-12-17(14-7-3-1-4-8-14)18(13-16)15-9-5-2-6-10-15;/h1-13H,(H,20,21);1H. The molecule has 22 heavy (non-hydrogen) atoms. The number of aromatic carboxylic acids is 1. The number of carboxylic acids is 1. The van der Waals surface area contributed by atoms with Crippen LogP contribution in [0.4, 0.5) is 0 Å². The topological polar surface area (TPSA) is 37.3 Å². The van der Waals surface area contributed by atoms with E-state index in [-0.39, 0.29) is 12.4 Å². The average Bonchev–Trinajstić information content (AvgIpc) is 2.56. The molecule has 0 aromatic heterocycles. The molecule has 0 spiro atoms. The highest BCUT2D eigenvalue weighted by molar-refractivity contribution is 5.93. The fourth-order valence-electron chi connectivity index (χ4n) is 2.40. The minimum Gasteiger partial charge on any atom is -0.478 e. The fraction of sp³-hybridized carbons (Fsp3) is 0. The number of hydrogen-bond donors (Lipinski definition) is 1. The molecular formula is C19H15ClO2. The normalized spacial score (nSPS) is 9.82. The third-order valence-corrected chi connectivity index (χ3v) is 3.44. The molecule has 0 fully saturated rings. The SMILES string of the molecule is Cl.O=C(O)c1ccc(-c2ccccc2)c(-c2ccccc2)c1. The highest BCUT2D eigenvalue weighted by atomic mass is 35.5. The first-order valence-corrected chi connectivity index (χ1v) is 6.74. The quantitative estimate of drug-likeness (QED) is 0.727. The highest BCUT2D eigenvalue weighted by Crippen LogP contribution is 2.32. The van der Waals surface area contributed by atoms with E-state index in [2.05, 4.69) is 0 Å². The summed E-state index contributed by atoms with van der Waals surface area (Å²) in [5.41, 5.74) is 4.36. The van der Waals surface area contributed by atoms with Crippen LogP contribution in [0.25, 0.3) is 22.3 Å². The summed E-state index contributed by atoms with van der Waals surface area (Å²) in [6.07, 6.45) is 0. The van der Waals surface area contributed by atoms with Crippen LogP contribution in [0.5, 0.6) is 0 Å². The van der Waals surface area contributed by atoms with Crippen molar-refractivity contribution in [2.45, 2.75) is 0 Å². The van der Waals surface area contributed by atoms with E-state index in [1.165, 1.54) is 0 Å². The van der Waals surface area contributed by atoms with Crippen molar-refractivity contribution in [1.29, 1.82) is 0 Å². The lowest BCUT2D eigenvalue weighted by molar-refractivity contribution is 0.0697. The van der Waals surface area contributed by atoms with Gasteiger partial charge in [-0.3, -0.25) is 0 Å². The predicted octanol–water partition coefficient (Wildman–Crippen LogP) is 5.14. The van der Waals surface area contributed by atoms with E-state index in [1.54, 1.807) is 12.1 Å². The zero-order chi connectivity index (χ0) is 14.7. The van der Waals surface area contributed by atoms with Crippen LogP contribution in [0.1, 0.15) is 10.4 Å². The molecule has 3 heteroatoms. The Morgan fingerprint density at radius 3 is 1.68 bits per heavy atom. The van der Waals surface area contributed by atoms with Gasteiger partial charge < -0.3 is 5.11 Å². The zero-order valence-corrected chi connectivity index (χ0v) is 12.6. The first kappa shape index (κ1) is 15.8. The maximum Gasteiger partial charge on any atom is 0.335 e. The summed E-state index contributed by atoms with van der Waals surface area (Å²) in [7, 11) is 0. The smallest absolute Gasteiger partial charge is 0.335 e. The van der Waals surface area contributed by atoms with Gasteiger partial charge >= 0.3 is 5.97 Å². The Hall–Kier alpha value is -2.58. The lowest BCUT2D eigenvalue weighted by Crippen LogP contribution is -1.97. The highest BCUT2D eigenvalue weighted by Gasteiger charge is 2.11. The molecule has 0 amide bonds. The third-order valence-electron chi connectivity index (χ3n) is 3.44. The summed E-state index contributed by atoms with van der Waals surface area (Å²) in [4.78, 5) is 11.2. The molecule has 0 saturated heterocycles. The number of benzene rings is 3. The first-order valence-electron chi connectivity index (χ1n) is 6.74. The molecule has 3 aromatic carbocycles. The third kappa shape index (κ3) is 3.18. The molecule has 0 atom stereocenters. The Labute approximate surface area is 135 Å². The maximum absolute atomic E-state index is 11.2. The molecule has 0 bridgehead atoms. The van der Waals surface area contributed by atoms with Crippen LogP contribution in [0.15, 0.2) is 78.9 Å². The maximum atomic E-state index is 11.2. The van der Waals surface area contributed by atoms with Gasteiger partial charge in [0.25, 0.3) is 0 Å². The molecule has 3 rings (SSSR count). The molecule has 0 radical (unpaired) electrons. The molecule has 0 aliphatic carbocycles. The second kappa shape index (κ2) is 6.92. The van der Waals surface area contributed by atoms with Crippen molar-refractivity contribution in [1.82, 2.24) is 0 Å². The predicted molar refractivity (Wildman–Crippen MR) is 91.5 cm³/mol. The number of hydrogen-bond acceptors (Lipinski definition) is 1. The van der Waals surface area contributed by atoms with Gasteiger partial charge in [-0.05, 0) is 34.4 Å². The molecule has 0 unspecified atom stereocenters. The molecule has 1 N–H and O–H groups in total. The minimum atomic E-state index is -0.910. The van der Waals surface area contributed by atoms with Gasteiger partial charge in [0.15, 0.2) is 0 Å². The van der Waals surface area contributed by atoms with Crippen molar-refractivity contribution in [2.24, 2.45) is 0 Å². The summed E-state index contributed by atoms with van der Waals surface area (Å²) in [6.45, 7) is 0. The van der Waals surface area contributed by atoms with Gasteiger partial charge in [0.1, 0.15) is 0 Å². The largest absolute Gasteiger partial charge is 0.478 e. The Bertz CT molecular complexity index is 768. The Kier molecular flexibility index (Phi) is 4.97. The second-order valence-corrected chi connectivity index (χ2v) is 4.80. The van der Waals surface area contributed by atoms with Gasteiger partial charge in [0.05, 0.1) is 5.56 Å². The lowest BCUT2D eigenvalue weighted by Gasteiger charge is -2.11. The van der Waals surface area contributed by atoms with E-state index in [9.17, 15) is 9.90 Å². The summed E-state index contributed by atoms with van der Waals surface area (Å²) in [6, 6.07) is 25.1. The van der Waals surface area contributed by atoms with Crippen LogP contribution in [0, 0.1) is 0 Å². The molecule has 0 heterocycles. The fourth-order valence-corrected chi connectivity index (χ4v) is 2.40. The summed E-state index contributed by atoms with van der Waals surface area (Å²) in [5.74, 6) is -0.910. The van der Waals surface area contributed by atoms with Crippen molar-refractivity contribution in [3.8, 4) is 22.3 Å². The van der Waals surface area contributed by atoms with Gasteiger partial charge in [-0.2, -0.15) is 0 Å². The van der Waals surface area contributed by atoms with Gasteiger partial charge in [0, 0.05) is 0 Å². The summed E-state index contributed by atoms with van der Waals surface area (Å²) >= 11 is 0. The van der Waals surface area contributed by atoms with Gasteiger partial charge in [-0.25, -0.2) is 4.79 Å². The van der Waals surface area contributed by atoms with E-state index in [4.69, 9.17) is 0 Å². The zero-order valence-electron chi connectivity index (χ0n) is 11.8. The van der Waals surface area contributed by atoms with E-state index >= 15 is 0 Å². The van der Waals surface area contributed by atoms with E-state index < -0.39 is 5.97 Å². The van der Waals surface area contributed by atoms with Crippen LogP contribution < -0.4 is 0 Å². The lowest BCUT2D eigenvalue weighted by atomic mass is 9.93. The van der Waals surface area contributed by atoms with E-state index in [0.29, 0.717) is 5.56 Å². The van der Waals surface area contributed by atoms with Crippen molar-refractivity contribution < 1.29 is 9.90 Å². The molecule has 3 aromatic rings. The first-order chi connectivity index (χ1) is 10.3. The van der Waals surface area contributed by atoms with Crippen LogP contribution in [0.2, 0.25) is 0 Å². The number of carboxylic acid groups (broad SMARTS) is 1. The Balaban J connectivity index is 0.00000176. The molecule has 2 nitrogen and oxygen atoms in total. The van der Waals surface area contributed by atoms with Crippen LogP contribution in [0.3, 0.4) is 0 Å². The molecule has 0 saturated carbocycles. The van der Waals surface area contributed by atoms with E-state index in [1.807, 2.05) is 66.7 Å². The molecule has 0 aliphatic heterocycles. The van der Waals surface area contributed by atoms with Gasteiger partial charge in [-0.15, -0.1) is 12.4 Å². The monoisotopic (exact) mass is 310 g/mol. The Morgan fingerprint density at radius 1 is 0.682 bits per heavy atom. The van der Waals surface area contributed by atoms with Crippen LogP contribution in [-0.4, -0.2) is 11.1 Å².